The predicted octanol–water partition coefficient (Wildman–Crippen LogP) is 4.14. The van der Waals surface area contributed by atoms with Crippen LogP contribution in [0, 0.1) is 12.7 Å². The van der Waals surface area contributed by atoms with E-state index in [9.17, 15) is 19.1 Å². The van der Waals surface area contributed by atoms with Gasteiger partial charge >= 0.3 is 0 Å². The number of halogens is 1. The van der Waals surface area contributed by atoms with Crippen molar-refractivity contribution in [3.63, 3.8) is 0 Å². The van der Waals surface area contributed by atoms with Crippen LogP contribution >= 0.6 is 0 Å². The van der Waals surface area contributed by atoms with Crippen LogP contribution in [0.15, 0.2) is 60.7 Å². The lowest BCUT2D eigenvalue weighted by Crippen LogP contribution is -2.16. The fourth-order valence-corrected chi connectivity index (χ4v) is 4.35. The molecule has 4 aromatic rings. The van der Waals surface area contributed by atoms with E-state index in [4.69, 9.17) is 5.73 Å². The number of aromatic hydroxyl groups is 1. The van der Waals surface area contributed by atoms with E-state index in [-0.39, 0.29) is 23.2 Å². The number of hydrogen-bond donors (Lipinski definition) is 3. The molecule has 3 aromatic carbocycles. The number of benzene rings is 3. The molecule has 0 saturated heterocycles. The Balaban J connectivity index is 1.60. The molecule has 0 bridgehead atoms. The number of fused-ring (bicyclic) bond motifs is 3. The Morgan fingerprint density at radius 3 is 2.59 bits per heavy atom. The average molecular weight is 456 g/mol. The first kappa shape index (κ1) is 21.4. The zero-order chi connectivity index (χ0) is 24.0. The van der Waals surface area contributed by atoms with Gasteiger partial charge in [0.2, 0.25) is 0 Å². The molecular weight excluding hydrogens is 435 g/mol. The molecule has 8 heteroatoms. The van der Waals surface area contributed by atoms with Crippen LogP contribution in [0.5, 0.6) is 5.75 Å². The molecule has 1 heterocycles. The average Bonchev–Trinajstić information content (AvgIpc) is 3.22. The normalized spacial score (nSPS) is 12.1. The molecular formula is C26H21FN4O3. The van der Waals surface area contributed by atoms with Crippen LogP contribution in [0.2, 0.25) is 0 Å². The molecule has 0 radical (unpaired) electrons. The molecule has 0 atom stereocenters. The highest BCUT2D eigenvalue weighted by Gasteiger charge is 2.28. The third-order valence-corrected chi connectivity index (χ3v) is 6.11. The summed E-state index contributed by atoms with van der Waals surface area (Å²) in [5.74, 6) is -1.32. The minimum Gasteiger partial charge on any atom is -0.508 e. The first-order valence-electron chi connectivity index (χ1n) is 10.7. The van der Waals surface area contributed by atoms with Crippen molar-refractivity contribution in [3.05, 3.63) is 94.4 Å². The maximum absolute atomic E-state index is 13.5. The van der Waals surface area contributed by atoms with Gasteiger partial charge in [0.05, 0.1) is 11.4 Å². The quantitative estimate of drug-likeness (QED) is 0.429. The highest BCUT2D eigenvalue weighted by atomic mass is 19.1. The van der Waals surface area contributed by atoms with Gasteiger partial charge in [0.15, 0.2) is 5.69 Å². The van der Waals surface area contributed by atoms with Crippen molar-refractivity contribution in [1.82, 2.24) is 9.78 Å². The summed E-state index contributed by atoms with van der Waals surface area (Å²) in [5.41, 5.74) is 11.0. The van der Waals surface area contributed by atoms with Gasteiger partial charge < -0.3 is 16.2 Å². The van der Waals surface area contributed by atoms with E-state index < -0.39 is 5.91 Å². The van der Waals surface area contributed by atoms with Gasteiger partial charge in [0, 0.05) is 27.9 Å². The van der Waals surface area contributed by atoms with Crippen molar-refractivity contribution in [3.8, 4) is 22.7 Å². The van der Waals surface area contributed by atoms with Crippen molar-refractivity contribution >= 4 is 17.5 Å². The van der Waals surface area contributed by atoms with E-state index in [0.29, 0.717) is 41.0 Å². The van der Waals surface area contributed by atoms with Crippen molar-refractivity contribution < 1.29 is 19.1 Å². The molecule has 0 aliphatic heterocycles. The number of rotatable bonds is 4. The van der Waals surface area contributed by atoms with E-state index in [2.05, 4.69) is 10.4 Å². The number of nitrogens with two attached hydrogens (primary N) is 1. The SMILES string of the molecule is Cc1c(O)cccc1C(=O)Nc1ccc2c(c1)-c1c(c(C(N)=O)nn1-c1ccc(F)cc1)CC2. The lowest BCUT2D eigenvalue weighted by molar-refractivity contribution is 0.0992. The topological polar surface area (TPSA) is 110 Å². The molecule has 34 heavy (non-hydrogen) atoms. The highest BCUT2D eigenvalue weighted by molar-refractivity contribution is 6.06. The minimum absolute atomic E-state index is 0.0462. The summed E-state index contributed by atoms with van der Waals surface area (Å²) in [6.07, 6.45) is 1.26. The van der Waals surface area contributed by atoms with Gasteiger partial charge in [0.1, 0.15) is 11.6 Å². The largest absolute Gasteiger partial charge is 0.508 e. The van der Waals surface area contributed by atoms with Crippen molar-refractivity contribution in [2.75, 3.05) is 5.32 Å². The molecule has 0 saturated carbocycles. The number of aromatic nitrogens is 2. The van der Waals surface area contributed by atoms with Gasteiger partial charge in [-0.3, -0.25) is 9.59 Å². The number of hydrogen-bond acceptors (Lipinski definition) is 4. The number of carbonyl (C=O) groups excluding carboxylic acids is 2. The van der Waals surface area contributed by atoms with Crippen molar-refractivity contribution in [2.24, 2.45) is 5.73 Å². The zero-order valence-electron chi connectivity index (χ0n) is 18.3. The highest BCUT2D eigenvalue weighted by Crippen LogP contribution is 2.38. The van der Waals surface area contributed by atoms with E-state index in [0.717, 1.165) is 16.7 Å². The van der Waals surface area contributed by atoms with Crippen LogP contribution < -0.4 is 11.1 Å². The Hall–Kier alpha value is -4.46. The van der Waals surface area contributed by atoms with E-state index in [1.807, 2.05) is 18.2 Å². The molecule has 0 unspecified atom stereocenters. The summed E-state index contributed by atoms with van der Waals surface area (Å²) < 4.78 is 15.1. The third kappa shape index (κ3) is 3.59. The number of nitrogens with zero attached hydrogens (tertiary/aromatic N) is 2. The Kier molecular flexibility index (Phi) is 5.13. The minimum atomic E-state index is -0.635. The molecule has 1 aliphatic rings. The Labute approximate surface area is 194 Å². The standard InChI is InChI=1S/C26H21FN4O3/c1-14-19(3-2-4-22(14)32)26(34)29-17-9-5-15-6-12-20-23(25(28)33)30-31(24(20)21(15)13-17)18-10-7-16(27)8-11-18/h2-5,7-11,13,32H,6,12H2,1H3,(H2,28,33)(H,29,34). The van der Waals surface area contributed by atoms with Crippen molar-refractivity contribution in [2.45, 2.75) is 19.8 Å². The smallest absolute Gasteiger partial charge is 0.269 e. The van der Waals surface area contributed by atoms with E-state index in [1.165, 1.54) is 18.2 Å². The van der Waals surface area contributed by atoms with Crippen LogP contribution in [0.25, 0.3) is 16.9 Å². The van der Waals surface area contributed by atoms with Crippen LogP contribution in [0.4, 0.5) is 10.1 Å². The molecule has 0 fully saturated rings. The Bertz CT molecular complexity index is 1460. The number of primary amides is 1. The molecule has 7 nitrogen and oxygen atoms in total. The molecule has 170 valence electrons. The summed E-state index contributed by atoms with van der Waals surface area (Å²) in [6, 6.07) is 16.2. The van der Waals surface area contributed by atoms with Gasteiger partial charge in [-0.15, -0.1) is 0 Å². The van der Waals surface area contributed by atoms with Crippen molar-refractivity contribution in [1.29, 1.82) is 0 Å². The number of amides is 2. The number of anilines is 1. The lowest BCUT2D eigenvalue weighted by Gasteiger charge is -2.20. The molecule has 4 N–H and O–H groups in total. The van der Waals surface area contributed by atoms with E-state index >= 15 is 0 Å². The predicted molar refractivity (Wildman–Crippen MR) is 126 cm³/mol. The second-order valence-corrected chi connectivity index (χ2v) is 8.20. The fraction of sp³-hybridized carbons (Fsp3) is 0.115. The summed E-state index contributed by atoms with van der Waals surface area (Å²) >= 11 is 0. The molecule has 0 spiro atoms. The third-order valence-electron chi connectivity index (χ3n) is 6.11. The second-order valence-electron chi connectivity index (χ2n) is 8.20. The first-order valence-corrected chi connectivity index (χ1v) is 10.7. The number of nitrogens with one attached hydrogen (secondary N) is 1. The summed E-state index contributed by atoms with van der Waals surface area (Å²) in [5, 5.41) is 17.3. The number of aryl methyl sites for hydroxylation is 1. The molecule has 2 amide bonds. The number of phenols is 1. The van der Waals surface area contributed by atoms with Gasteiger partial charge in [0.25, 0.3) is 11.8 Å². The van der Waals surface area contributed by atoms with Gasteiger partial charge in [-0.25, -0.2) is 9.07 Å². The van der Waals surface area contributed by atoms with Crippen LogP contribution in [0.1, 0.15) is 37.5 Å². The second kappa shape index (κ2) is 8.15. The maximum atomic E-state index is 13.5. The Morgan fingerprint density at radius 2 is 1.85 bits per heavy atom. The number of phenolic OH excluding ortho intramolecular Hbond substituents is 1. The van der Waals surface area contributed by atoms with Gasteiger partial charge in [-0.2, -0.15) is 5.10 Å². The van der Waals surface area contributed by atoms with E-state index in [1.54, 1.807) is 35.9 Å². The van der Waals surface area contributed by atoms with Crippen LogP contribution in [0.3, 0.4) is 0 Å². The molecule has 1 aliphatic carbocycles. The summed E-state index contributed by atoms with van der Waals surface area (Å²) in [7, 11) is 0. The number of carbonyl (C=O) groups is 2. The summed E-state index contributed by atoms with van der Waals surface area (Å²) in [6.45, 7) is 1.68. The monoisotopic (exact) mass is 456 g/mol. The fourth-order valence-electron chi connectivity index (χ4n) is 4.35. The molecule has 5 rings (SSSR count). The van der Waals surface area contributed by atoms with Gasteiger partial charge in [-0.05, 0) is 73.9 Å². The summed E-state index contributed by atoms with van der Waals surface area (Å²) in [4.78, 5) is 25.0. The van der Waals surface area contributed by atoms with Gasteiger partial charge in [-0.1, -0.05) is 12.1 Å². The lowest BCUT2D eigenvalue weighted by atomic mass is 9.88. The maximum Gasteiger partial charge on any atom is 0.269 e. The van der Waals surface area contributed by atoms with Crippen LogP contribution in [-0.2, 0) is 12.8 Å². The Morgan fingerprint density at radius 1 is 1.09 bits per heavy atom. The first-order chi connectivity index (χ1) is 16.3. The zero-order valence-corrected chi connectivity index (χ0v) is 18.3. The van der Waals surface area contributed by atoms with Crippen LogP contribution in [-0.4, -0.2) is 26.7 Å². The molecule has 1 aromatic heterocycles.